The van der Waals surface area contributed by atoms with Crippen molar-refractivity contribution in [2.75, 3.05) is 6.54 Å². The molecule has 5 nitrogen and oxygen atoms in total. The zero-order valence-electron chi connectivity index (χ0n) is 17.9. The second-order valence-corrected chi connectivity index (χ2v) is 9.22. The fraction of sp³-hybridized carbons (Fsp3) is 0.409. The minimum atomic E-state index is -3.56. The number of aliphatic carboxylic acids is 1. The van der Waals surface area contributed by atoms with Gasteiger partial charge in [-0.3, -0.25) is 4.79 Å². The number of hydrogen-bond donors (Lipinski definition) is 1. The van der Waals surface area contributed by atoms with Crippen molar-refractivity contribution in [2.45, 2.75) is 49.5 Å². The molecule has 2 aromatic rings. The molecule has 152 valence electrons. The van der Waals surface area contributed by atoms with Crippen LogP contribution < -0.4 is 29.6 Å². The SMILES string of the molecule is O=C(O)CCCCC[C@@H]1CCN(S(=O)(=O)c2ccccc2)[C@@H]1c1ccccc1.[H-].[Na+]. The molecule has 0 aliphatic carbocycles. The molecule has 1 heterocycles. The van der Waals surface area contributed by atoms with Crippen LogP contribution >= 0.6 is 0 Å². The van der Waals surface area contributed by atoms with E-state index in [1.54, 1.807) is 28.6 Å². The Labute approximate surface area is 197 Å². The van der Waals surface area contributed by atoms with Crippen LogP contribution in [-0.2, 0) is 14.8 Å². The number of sulfonamides is 1. The zero-order valence-corrected chi connectivity index (χ0v) is 19.7. The second kappa shape index (κ2) is 11.3. The number of carboxylic acid groups (broad SMARTS) is 1. The predicted molar refractivity (Wildman–Crippen MR) is 109 cm³/mol. The molecule has 1 saturated heterocycles. The Morgan fingerprint density at radius 1 is 1.00 bits per heavy atom. The van der Waals surface area contributed by atoms with Gasteiger partial charge in [0.05, 0.1) is 10.9 Å². The van der Waals surface area contributed by atoms with Gasteiger partial charge in [0.2, 0.25) is 10.0 Å². The van der Waals surface area contributed by atoms with Gasteiger partial charge in [-0.05, 0) is 42.9 Å². The third kappa shape index (κ3) is 6.15. The van der Waals surface area contributed by atoms with E-state index in [0.29, 0.717) is 17.9 Å². The van der Waals surface area contributed by atoms with E-state index in [1.807, 2.05) is 36.4 Å². The van der Waals surface area contributed by atoms with E-state index >= 15 is 0 Å². The molecular weight excluding hydrogens is 397 g/mol. The van der Waals surface area contributed by atoms with Gasteiger partial charge in [-0.2, -0.15) is 4.31 Å². The number of unbranched alkanes of at least 4 members (excludes halogenated alkanes) is 2. The maximum Gasteiger partial charge on any atom is 1.00 e. The van der Waals surface area contributed by atoms with Crippen molar-refractivity contribution in [3.63, 3.8) is 0 Å². The molecule has 0 saturated carbocycles. The Morgan fingerprint density at radius 2 is 1.62 bits per heavy atom. The quantitative estimate of drug-likeness (QED) is 0.489. The van der Waals surface area contributed by atoms with Crippen molar-refractivity contribution >= 4 is 16.0 Å². The molecule has 29 heavy (non-hydrogen) atoms. The summed E-state index contributed by atoms with van der Waals surface area (Å²) in [6.07, 6.45) is 4.37. The molecule has 2 aromatic carbocycles. The molecule has 1 fully saturated rings. The molecule has 0 spiro atoms. The molecule has 1 N–H and O–H groups in total. The summed E-state index contributed by atoms with van der Waals surface area (Å²) in [6, 6.07) is 18.3. The Balaban J connectivity index is 0.00000225. The van der Waals surface area contributed by atoms with Gasteiger partial charge >= 0.3 is 35.5 Å². The van der Waals surface area contributed by atoms with Crippen LogP contribution in [0.5, 0.6) is 0 Å². The summed E-state index contributed by atoms with van der Waals surface area (Å²) in [6.45, 7) is 0.510. The topological polar surface area (TPSA) is 74.7 Å². The third-order valence-electron chi connectivity index (χ3n) is 5.43. The first-order chi connectivity index (χ1) is 13.5. The van der Waals surface area contributed by atoms with Gasteiger partial charge in [-0.1, -0.05) is 61.4 Å². The van der Waals surface area contributed by atoms with Crippen LogP contribution in [0.4, 0.5) is 0 Å². The fourth-order valence-electron chi connectivity index (χ4n) is 4.07. The predicted octanol–water partition coefficient (Wildman–Crippen LogP) is 1.59. The molecule has 2 atom stereocenters. The molecule has 0 bridgehead atoms. The maximum atomic E-state index is 13.3. The van der Waals surface area contributed by atoms with Crippen molar-refractivity contribution in [1.82, 2.24) is 4.31 Å². The molecule has 1 aliphatic rings. The molecule has 0 amide bonds. The smallest absolute Gasteiger partial charge is 1.00 e. The average molecular weight is 426 g/mol. The summed E-state index contributed by atoms with van der Waals surface area (Å²) >= 11 is 0. The van der Waals surface area contributed by atoms with E-state index in [4.69, 9.17) is 5.11 Å². The first-order valence-corrected chi connectivity index (χ1v) is 11.3. The Kier molecular flexibility index (Phi) is 9.37. The molecule has 0 unspecified atom stereocenters. The van der Waals surface area contributed by atoms with Gasteiger partial charge in [0.25, 0.3) is 0 Å². The molecule has 7 heteroatoms. The fourth-order valence-corrected chi connectivity index (χ4v) is 5.78. The first kappa shape index (κ1) is 24.1. The third-order valence-corrected chi connectivity index (χ3v) is 7.33. The first-order valence-electron chi connectivity index (χ1n) is 9.84. The number of carbonyl (C=O) groups is 1. The summed E-state index contributed by atoms with van der Waals surface area (Å²) in [5.41, 5.74) is 1.02. The van der Waals surface area contributed by atoms with Crippen LogP contribution in [0.25, 0.3) is 0 Å². The van der Waals surface area contributed by atoms with Gasteiger partial charge in [-0.15, -0.1) is 0 Å². The van der Waals surface area contributed by atoms with E-state index in [2.05, 4.69) is 0 Å². The number of nitrogens with zero attached hydrogens (tertiary/aromatic N) is 1. The summed E-state index contributed by atoms with van der Waals surface area (Å²) in [5.74, 6) is -0.520. The van der Waals surface area contributed by atoms with E-state index < -0.39 is 16.0 Å². The van der Waals surface area contributed by atoms with Crippen LogP contribution in [0.15, 0.2) is 65.6 Å². The Hall–Kier alpha value is -1.18. The van der Waals surface area contributed by atoms with Crippen molar-refractivity contribution < 1.29 is 49.3 Å². The number of hydrogen-bond acceptors (Lipinski definition) is 3. The Bertz CT molecular complexity index is 881. The van der Waals surface area contributed by atoms with E-state index in [1.165, 1.54) is 0 Å². The summed E-state index contributed by atoms with van der Waals surface area (Å²) in [5, 5.41) is 8.77. The summed E-state index contributed by atoms with van der Waals surface area (Å²) in [4.78, 5) is 11.0. The van der Waals surface area contributed by atoms with Crippen LogP contribution in [0.2, 0.25) is 0 Å². The van der Waals surface area contributed by atoms with Crippen LogP contribution in [0.3, 0.4) is 0 Å². The van der Waals surface area contributed by atoms with Gasteiger partial charge < -0.3 is 6.53 Å². The number of carboxylic acids is 1. The van der Waals surface area contributed by atoms with Gasteiger partial charge in [0.1, 0.15) is 0 Å². The summed E-state index contributed by atoms with van der Waals surface area (Å²) < 4.78 is 28.2. The van der Waals surface area contributed by atoms with Gasteiger partial charge in [-0.25, -0.2) is 8.42 Å². The number of rotatable bonds is 9. The van der Waals surface area contributed by atoms with Gasteiger partial charge in [0, 0.05) is 13.0 Å². The molecular formula is C22H28NNaO4S. The average Bonchev–Trinajstić information content (AvgIpc) is 3.13. The molecule has 1 aliphatic heterocycles. The second-order valence-electron chi connectivity index (χ2n) is 7.33. The van der Waals surface area contributed by atoms with Crippen LogP contribution in [-0.4, -0.2) is 30.3 Å². The zero-order chi connectivity index (χ0) is 20.0. The summed E-state index contributed by atoms with van der Waals surface area (Å²) in [7, 11) is -3.56. The minimum absolute atomic E-state index is 0. The molecule has 0 aromatic heterocycles. The maximum absolute atomic E-state index is 13.3. The van der Waals surface area contributed by atoms with Crippen molar-refractivity contribution in [2.24, 2.45) is 5.92 Å². The van der Waals surface area contributed by atoms with Crippen molar-refractivity contribution in [3.05, 3.63) is 66.2 Å². The monoisotopic (exact) mass is 425 g/mol. The van der Waals surface area contributed by atoms with E-state index in [0.717, 1.165) is 31.2 Å². The van der Waals surface area contributed by atoms with Crippen molar-refractivity contribution in [3.8, 4) is 0 Å². The van der Waals surface area contributed by atoms with Crippen molar-refractivity contribution in [1.29, 1.82) is 0 Å². The standard InChI is InChI=1S/C22H27NO4S.Na.H/c24-21(25)15-9-2-6-12-19-16-17-23(22(19)18-10-4-1-5-11-18)28(26,27)20-13-7-3-8-14-20;;/h1,3-5,7-8,10-11,13-14,19,22H,2,6,9,12,15-17H2,(H,24,25);;/q;+1;-1/t19-,22-;;/m1../s1. The van der Waals surface area contributed by atoms with Gasteiger partial charge in [0.15, 0.2) is 0 Å². The Morgan fingerprint density at radius 3 is 2.24 bits per heavy atom. The largest absolute Gasteiger partial charge is 1.00 e. The number of benzene rings is 2. The minimum Gasteiger partial charge on any atom is -1.00 e. The van der Waals surface area contributed by atoms with Crippen LogP contribution in [0, 0.1) is 5.92 Å². The normalized spacial score (nSPS) is 19.6. The molecule has 3 rings (SSSR count). The van der Waals surface area contributed by atoms with E-state index in [9.17, 15) is 13.2 Å². The van der Waals surface area contributed by atoms with E-state index in [-0.39, 0.29) is 49.4 Å². The molecule has 0 radical (unpaired) electrons. The van der Waals surface area contributed by atoms with Crippen LogP contribution in [0.1, 0.15) is 51.6 Å².